The summed E-state index contributed by atoms with van der Waals surface area (Å²) in [5, 5.41) is 10.7. The molecular weight excluding hydrogens is 317 g/mol. The molecule has 0 aliphatic carbocycles. The summed E-state index contributed by atoms with van der Waals surface area (Å²) in [4.78, 5) is 11.4. The number of rotatable bonds is 5. The van der Waals surface area contributed by atoms with Crippen molar-refractivity contribution >= 4 is 27.3 Å². The highest BCUT2D eigenvalue weighted by Crippen LogP contribution is 2.22. The fourth-order valence-electron chi connectivity index (χ4n) is 1.73. The van der Waals surface area contributed by atoms with Crippen molar-refractivity contribution in [3.8, 4) is 0 Å². The number of thiophene rings is 1. The molecule has 1 aromatic heterocycles. The van der Waals surface area contributed by atoms with Crippen molar-refractivity contribution in [2.45, 2.75) is 17.9 Å². The Bertz CT molecular complexity index is 756. The van der Waals surface area contributed by atoms with E-state index in [1.165, 1.54) is 11.3 Å². The molecule has 0 amide bonds. The van der Waals surface area contributed by atoms with Crippen LogP contribution in [0.1, 0.15) is 28.2 Å². The van der Waals surface area contributed by atoms with E-state index in [1.54, 1.807) is 19.1 Å². The minimum Gasteiger partial charge on any atom is -0.478 e. The van der Waals surface area contributed by atoms with Gasteiger partial charge in [0.1, 0.15) is 5.82 Å². The van der Waals surface area contributed by atoms with Crippen molar-refractivity contribution in [3.63, 3.8) is 0 Å². The van der Waals surface area contributed by atoms with Gasteiger partial charge in [-0.3, -0.25) is 0 Å². The molecule has 0 radical (unpaired) electrons. The minimum absolute atomic E-state index is 0.287. The SMILES string of the molecule is CC(NS(=O)(=O)c1ccc(F)c(C(=O)O)c1)c1cccs1. The van der Waals surface area contributed by atoms with Gasteiger partial charge < -0.3 is 5.11 Å². The first kappa shape index (κ1) is 15.6. The standard InChI is InChI=1S/C13H12FNO4S2/c1-8(12-3-2-6-20-12)15-21(18,19)9-4-5-11(14)10(7-9)13(16)17/h2-8,15H,1H3,(H,16,17). The lowest BCUT2D eigenvalue weighted by Crippen LogP contribution is -2.26. The van der Waals surface area contributed by atoms with Crippen LogP contribution in [0.25, 0.3) is 0 Å². The maximum absolute atomic E-state index is 13.3. The van der Waals surface area contributed by atoms with Crippen LogP contribution in [-0.2, 0) is 10.0 Å². The molecule has 1 unspecified atom stereocenters. The van der Waals surface area contributed by atoms with Gasteiger partial charge in [0.05, 0.1) is 16.5 Å². The number of hydrogen-bond acceptors (Lipinski definition) is 4. The molecule has 2 aromatic rings. The largest absolute Gasteiger partial charge is 0.478 e. The Morgan fingerprint density at radius 1 is 1.38 bits per heavy atom. The predicted molar refractivity (Wildman–Crippen MR) is 76.4 cm³/mol. The van der Waals surface area contributed by atoms with Gasteiger partial charge in [-0.1, -0.05) is 6.07 Å². The van der Waals surface area contributed by atoms with Gasteiger partial charge in [-0.15, -0.1) is 11.3 Å². The highest BCUT2D eigenvalue weighted by atomic mass is 32.2. The molecule has 1 atom stereocenters. The molecule has 2 N–H and O–H groups in total. The first-order valence-corrected chi connectivity index (χ1v) is 8.26. The van der Waals surface area contributed by atoms with Gasteiger partial charge in [0.2, 0.25) is 10.0 Å². The fourth-order valence-corrected chi connectivity index (χ4v) is 3.79. The second-order valence-electron chi connectivity index (χ2n) is 4.31. The molecule has 2 rings (SSSR count). The second-order valence-corrected chi connectivity index (χ2v) is 7.00. The number of sulfonamides is 1. The van der Waals surface area contributed by atoms with Gasteiger partial charge in [0.25, 0.3) is 0 Å². The summed E-state index contributed by atoms with van der Waals surface area (Å²) in [6.45, 7) is 1.67. The topological polar surface area (TPSA) is 83.5 Å². The molecule has 1 heterocycles. The van der Waals surface area contributed by atoms with E-state index in [9.17, 15) is 17.6 Å². The maximum Gasteiger partial charge on any atom is 0.338 e. The monoisotopic (exact) mass is 329 g/mol. The Morgan fingerprint density at radius 3 is 2.67 bits per heavy atom. The average molecular weight is 329 g/mol. The molecule has 0 fully saturated rings. The van der Waals surface area contributed by atoms with Gasteiger partial charge in [-0.05, 0) is 36.6 Å². The minimum atomic E-state index is -3.93. The lowest BCUT2D eigenvalue weighted by molar-refractivity contribution is 0.0691. The number of nitrogens with one attached hydrogen (secondary N) is 1. The summed E-state index contributed by atoms with van der Waals surface area (Å²) in [6, 6.07) is 5.78. The molecule has 5 nitrogen and oxygen atoms in total. The Labute approximate surface area is 125 Å². The third kappa shape index (κ3) is 3.46. The number of carboxylic acids is 1. The third-order valence-electron chi connectivity index (χ3n) is 2.78. The first-order chi connectivity index (χ1) is 9.81. The van der Waals surface area contributed by atoms with Gasteiger partial charge in [0.15, 0.2) is 0 Å². The Balaban J connectivity index is 2.32. The summed E-state index contributed by atoms with van der Waals surface area (Å²) in [7, 11) is -3.93. The second kappa shape index (κ2) is 5.92. The van der Waals surface area contributed by atoms with Crippen LogP contribution < -0.4 is 4.72 Å². The summed E-state index contributed by atoms with van der Waals surface area (Å²) in [5.41, 5.74) is -0.679. The first-order valence-electron chi connectivity index (χ1n) is 5.90. The van der Waals surface area contributed by atoms with Gasteiger partial charge >= 0.3 is 5.97 Å². The van der Waals surface area contributed by atoms with E-state index in [2.05, 4.69) is 4.72 Å². The zero-order valence-electron chi connectivity index (χ0n) is 10.9. The summed E-state index contributed by atoms with van der Waals surface area (Å²) in [5.74, 6) is -2.50. The molecule has 0 spiro atoms. The smallest absolute Gasteiger partial charge is 0.338 e. The Morgan fingerprint density at radius 2 is 2.10 bits per heavy atom. The predicted octanol–water partition coefficient (Wildman–Crippen LogP) is 2.62. The van der Waals surface area contributed by atoms with Crippen molar-refractivity contribution in [1.82, 2.24) is 4.72 Å². The summed E-state index contributed by atoms with van der Waals surface area (Å²) < 4.78 is 40.1. The van der Waals surface area contributed by atoms with E-state index in [1.807, 2.05) is 5.38 Å². The van der Waals surface area contributed by atoms with E-state index < -0.39 is 33.4 Å². The molecule has 0 saturated carbocycles. The molecule has 0 aliphatic heterocycles. The maximum atomic E-state index is 13.3. The number of halogens is 1. The normalized spacial score (nSPS) is 13.0. The molecule has 21 heavy (non-hydrogen) atoms. The van der Waals surface area contributed by atoms with E-state index in [-0.39, 0.29) is 4.90 Å². The van der Waals surface area contributed by atoms with Crippen LogP contribution in [0.2, 0.25) is 0 Å². The zero-order chi connectivity index (χ0) is 15.6. The van der Waals surface area contributed by atoms with Crippen molar-refractivity contribution in [3.05, 3.63) is 52.0 Å². The molecule has 112 valence electrons. The van der Waals surface area contributed by atoms with E-state index in [0.29, 0.717) is 0 Å². The van der Waals surface area contributed by atoms with Crippen LogP contribution in [0.15, 0.2) is 40.6 Å². The molecule has 0 bridgehead atoms. The highest BCUT2D eigenvalue weighted by Gasteiger charge is 2.21. The van der Waals surface area contributed by atoms with E-state index in [0.717, 1.165) is 23.1 Å². The molecule has 8 heteroatoms. The number of aromatic carboxylic acids is 1. The van der Waals surface area contributed by atoms with Crippen LogP contribution in [0, 0.1) is 5.82 Å². The molecular formula is C13H12FNO4S2. The van der Waals surface area contributed by atoms with E-state index in [4.69, 9.17) is 5.11 Å². The van der Waals surface area contributed by atoms with Crippen LogP contribution in [0.4, 0.5) is 4.39 Å². The van der Waals surface area contributed by atoms with E-state index >= 15 is 0 Å². The van der Waals surface area contributed by atoms with Crippen LogP contribution in [-0.4, -0.2) is 19.5 Å². The van der Waals surface area contributed by atoms with Crippen LogP contribution in [0.5, 0.6) is 0 Å². The third-order valence-corrected chi connectivity index (χ3v) is 5.37. The summed E-state index contributed by atoms with van der Waals surface area (Å²) in [6.07, 6.45) is 0. The van der Waals surface area contributed by atoms with Crippen LogP contribution >= 0.6 is 11.3 Å². The lowest BCUT2D eigenvalue weighted by atomic mass is 10.2. The number of hydrogen-bond donors (Lipinski definition) is 2. The number of carbonyl (C=O) groups is 1. The van der Waals surface area contributed by atoms with Gasteiger partial charge in [-0.25, -0.2) is 22.3 Å². The summed E-state index contributed by atoms with van der Waals surface area (Å²) >= 11 is 1.40. The molecule has 0 aliphatic rings. The number of benzene rings is 1. The Kier molecular flexibility index (Phi) is 4.40. The molecule has 1 aromatic carbocycles. The zero-order valence-corrected chi connectivity index (χ0v) is 12.5. The average Bonchev–Trinajstić information content (AvgIpc) is 2.92. The fraction of sp³-hybridized carbons (Fsp3) is 0.154. The Hall–Kier alpha value is -1.77. The number of carboxylic acid groups (broad SMARTS) is 1. The quantitative estimate of drug-likeness (QED) is 0.883. The van der Waals surface area contributed by atoms with Crippen molar-refractivity contribution < 1.29 is 22.7 Å². The highest BCUT2D eigenvalue weighted by molar-refractivity contribution is 7.89. The van der Waals surface area contributed by atoms with Gasteiger partial charge in [-0.2, -0.15) is 0 Å². The van der Waals surface area contributed by atoms with Crippen molar-refractivity contribution in [1.29, 1.82) is 0 Å². The molecule has 0 saturated heterocycles. The lowest BCUT2D eigenvalue weighted by Gasteiger charge is -2.13. The van der Waals surface area contributed by atoms with Crippen molar-refractivity contribution in [2.24, 2.45) is 0 Å². The van der Waals surface area contributed by atoms with Crippen LogP contribution in [0.3, 0.4) is 0 Å². The van der Waals surface area contributed by atoms with Crippen molar-refractivity contribution in [2.75, 3.05) is 0 Å². The van der Waals surface area contributed by atoms with Gasteiger partial charge in [0, 0.05) is 4.88 Å².